The average Bonchev–Trinajstić information content (AvgIpc) is 3.39. The zero-order chi connectivity index (χ0) is 21.2. The second-order valence-electron chi connectivity index (χ2n) is 7.33. The van der Waals surface area contributed by atoms with Gasteiger partial charge >= 0.3 is 0 Å². The number of hydrogen-bond donors (Lipinski definition) is 1. The zero-order valence-corrected chi connectivity index (χ0v) is 18.2. The molecule has 1 unspecified atom stereocenters. The van der Waals surface area contributed by atoms with E-state index in [0.29, 0.717) is 4.99 Å². The lowest BCUT2D eigenvalue weighted by molar-refractivity contribution is 0.265. The van der Waals surface area contributed by atoms with Gasteiger partial charge in [0.05, 0.1) is 22.3 Å². The maximum Gasteiger partial charge on any atom is 0.289 e. The Balaban J connectivity index is 1.47. The molecule has 5 rings (SSSR count). The predicted molar refractivity (Wildman–Crippen MR) is 132 cm³/mol. The van der Waals surface area contributed by atoms with E-state index < -0.39 is 0 Å². The number of thioether (sulfide) groups is 1. The van der Waals surface area contributed by atoms with Crippen molar-refractivity contribution in [2.24, 2.45) is 5.10 Å². The zero-order valence-electron chi connectivity index (χ0n) is 16.6. The topological polar surface area (TPSA) is 44.7 Å². The molecule has 0 bridgehead atoms. The number of hydrogen-bond acceptors (Lipinski definition) is 5. The smallest absolute Gasteiger partial charge is 0.289 e. The van der Waals surface area contributed by atoms with Crippen LogP contribution >= 0.6 is 24.0 Å². The van der Waals surface area contributed by atoms with E-state index in [9.17, 15) is 4.79 Å². The number of anilines is 1. The Labute approximate surface area is 190 Å². The lowest BCUT2D eigenvalue weighted by atomic mass is 9.98. The first kappa shape index (κ1) is 19.7. The SMILES string of the molecule is O=C1NC(=S)/C(=C/c2ccc(N3N=C(c4ccccc4)CC3c3ccccc3)cc2)S1. The summed E-state index contributed by atoms with van der Waals surface area (Å²) >= 11 is 6.34. The average molecular weight is 442 g/mol. The summed E-state index contributed by atoms with van der Waals surface area (Å²) in [5.74, 6) is 0. The predicted octanol–water partition coefficient (Wildman–Crippen LogP) is 6.17. The van der Waals surface area contributed by atoms with Crippen molar-refractivity contribution in [1.82, 2.24) is 5.32 Å². The number of hydrazone groups is 1. The van der Waals surface area contributed by atoms with E-state index in [1.54, 1.807) is 0 Å². The van der Waals surface area contributed by atoms with Gasteiger partial charge in [-0.1, -0.05) is 85.0 Å². The quantitative estimate of drug-likeness (QED) is 0.389. The van der Waals surface area contributed by atoms with Crippen molar-refractivity contribution in [2.45, 2.75) is 12.5 Å². The van der Waals surface area contributed by atoms with E-state index in [0.717, 1.165) is 45.6 Å². The van der Waals surface area contributed by atoms with Gasteiger partial charge in [-0.3, -0.25) is 9.80 Å². The molecule has 1 N–H and O–H groups in total. The summed E-state index contributed by atoms with van der Waals surface area (Å²) in [6, 6.07) is 29.2. The minimum atomic E-state index is -0.126. The number of nitrogens with one attached hydrogen (secondary N) is 1. The molecule has 31 heavy (non-hydrogen) atoms. The molecule has 0 saturated carbocycles. The Morgan fingerprint density at radius 3 is 2.29 bits per heavy atom. The number of carbonyl (C=O) groups excluding carboxylic acids is 1. The van der Waals surface area contributed by atoms with Gasteiger partial charge in [0.15, 0.2) is 0 Å². The molecule has 0 aromatic heterocycles. The van der Waals surface area contributed by atoms with Gasteiger partial charge in [0, 0.05) is 6.42 Å². The summed E-state index contributed by atoms with van der Waals surface area (Å²) in [4.78, 5) is 12.8. The fourth-order valence-electron chi connectivity index (χ4n) is 3.78. The van der Waals surface area contributed by atoms with E-state index >= 15 is 0 Å². The van der Waals surface area contributed by atoms with E-state index in [-0.39, 0.29) is 11.3 Å². The summed E-state index contributed by atoms with van der Waals surface area (Å²) in [7, 11) is 0. The van der Waals surface area contributed by atoms with Crippen molar-refractivity contribution < 1.29 is 4.79 Å². The minimum absolute atomic E-state index is 0.126. The molecule has 2 heterocycles. The highest BCUT2D eigenvalue weighted by Gasteiger charge is 2.29. The van der Waals surface area contributed by atoms with Crippen LogP contribution in [-0.4, -0.2) is 15.9 Å². The van der Waals surface area contributed by atoms with Gasteiger partial charge in [-0.25, -0.2) is 0 Å². The Bertz CT molecular complexity index is 1190. The normalized spacial score (nSPS) is 19.6. The van der Waals surface area contributed by atoms with Crippen LogP contribution in [0.4, 0.5) is 10.5 Å². The van der Waals surface area contributed by atoms with Crippen molar-refractivity contribution in [1.29, 1.82) is 0 Å². The van der Waals surface area contributed by atoms with Gasteiger partial charge in [0.25, 0.3) is 5.24 Å². The van der Waals surface area contributed by atoms with Crippen molar-refractivity contribution in [2.75, 3.05) is 5.01 Å². The van der Waals surface area contributed by atoms with Crippen LogP contribution in [-0.2, 0) is 0 Å². The van der Waals surface area contributed by atoms with Crippen LogP contribution in [0.2, 0.25) is 0 Å². The monoisotopic (exact) mass is 441 g/mol. The molecule has 1 amide bonds. The van der Waals surface area contributed by atoms with Gasteiger partial charge < -0.3 is 5.32 Å². The van der Waals surface area contributed by atoms with Crippen LogP contribution in [0.3, 0.4) is 0 Å². The fraction of sp³-hybridized carbons (Fsp3) is 0.0800. The molecule has 2 aliphatic rings. The van der Waals surface area contributed by atoms with Gasteiger partial charge in [-0.2, -0.15) is 5.10 Å². The largest absolute Gasteiger partial charge is 0.307 e. The van der Waals surface area contributed by atoms with Crippen LogP contribution in [0.5, 0.6) is 0 Å². The lowest BCUT2D eigenvalue weighted by Gasteiger charge is -2.24. The third-order valence-corrected chi connectivity index (χ3v) is 6.58. The first-order chi connectivity index (χ1) is 15.2. The molecule has 2 aliphatic heterocycles. The van der Waals surface area contributed by atoms with Crippen molar-refractivity contribution >= 4 is 51.7 Å². The molecule has 1 fully saturated rings. The second kappa shape index (κ2) is 8.49. The standard InChI is InChI=1S/C25H19N3OS2/c29-25-26-24(30)23(31-25)15-17-11-13-20(14-12-17)28-22(19-9-5-2-6-10-19)16-21(27-28)18-7-3-1-4-8-18/h1-15,22H,16H2,(H,26,29,30)/b23-15-. The molecule has 0 spiro atoms. The van der Waals surface area contributed by atoms with Crippen LogP contribution in [0, 0.1) is 0 Å². The Hall–Kier alpha value is -3.22. The van der Waals surface area contributed by atoms with Crippen LogP contribution in [0.15, 0.2) is 94.9 Å². The molecular formula is C25H19N3OS2. The number of amides is 1. The van der Waals surface area contributed by atoms with Gasteiger partial charge in [-0.05, 0) is 46.7 Å². The van der Waals surface area contributed by atoms with E-state index in [1.165, 1.54) is 5.56 Å². The fourth-order valence-corrected chi connectivity index (χ4v) is 4.82. The summed E-state index contributed by atoms with van der Waals surface area (Å²) in [6.07, 6.45) is 2.78. The molecule has 6 heteroatoms. The maximum absolute atomic E-state index is 11.5. The molecule has 3 aromatic rings. The number of rotatable bonds is 4. The van der Waals surface area contributed by atoms with E-state index in [2.05, 4.69) is 58.9 Å². The van der Waals surface area contributed by atoms with Gasteiger partial charge in [-0.15, -0.1) is 0 Å². The molecule has 0 aliphatic carbocycles. The summed E-state index contributed by atoms with van der Waals surface area (Å²) in [5.41, 5.74) is 5.49. The van der Waals surface area contributed by atoms with Crippen LogP contribution in [0.25, 0.3) is 6.08 Å². The Morgan fingerprint density at radius 1 is 0.968 bits per heavy atom. The Kier molecular flexibility index (Phi) is 5.40. The summed E-state index contributed by atoms with van der Waals surface area (Å²) in [6.45, 7) is 0. The maximum atomic E-state index is 11.5. The highest BCUT2D eigenvalue weighted by Crippen LogP contribution is 2.37. The van der Waals surface area contributed by atoms with Crippen molar-refractivity contribution in [3.8, 4) is 0 Å². The second-order valence-corrected chi connectivity index (χ2v) is 8.75. The molecule has 1 saturated heterocycles. The van der Waals surface area contributed by atoms with Crippen LogP contribution in [0.1, 0.15) is 29.2 Å². The first-order valence-electron chi connectivity index (χ1n) is 9.99. The lowest BCUT2D eigenvalue weighted by Crippen LogP contribution is -2.18. The number of carbonyl (C=O) groups is 1. The summed E-state index contributed by atoms with van der Waals surface area (Å²) in [5, 5.41) is 9.62. The van der Waals surface area contributed by atoms with Crippen molar-refractivity contribution in [3.05, 3.63) is 107 Å². The van der Waals surface area contributed by atoms with E-state index in [1.807, 2.05) is 42.5 Å². The number of benzene rings is 3. The number of thiocarbonyl (C=S) groups is 1. The molecule has 3 aromatic carbocycles. The highest BCUT2D eigenvalue weighted by molar-refractivity contribution is 8.19. The molecule has 152 valence electrons. The Morgan fingerprint density at radius 2 is 1.65 bits per heavy atom. The van der Waals surface area contributed by atoms with E-state index in [4.69, 9.17) is 17.3 Å². The highest BCUT2D eigenvalue weighted by atomic mass is 32.2. The van der Waals surface area contributed by atoms with Crippen LogP contribution < -0.4 is 10.3 Å². The van der Waals surface area contributed by atoms with Gasteiger partial charge in [0.1, 0.15) is 4.99 Å². The number of nitrogens with zero attached hydrogens (tertiary/aromatic N) is 2. The third-order valence-electron chi connectivity index (χ3n) is 5.30. The molecule has 4 nitrogen and oxygen atoms in total. The first-order valence-corrected chi connectivity index (χ1v) is 11.2. The minimum Gasteiger partial charge on any atom is -0.307 e. The summed E-state index contributed by atoms with van der Waals surface area (Å²) < 4.78 is 0. The molecule has 1 atom stereocenters. The third kappa shape index (κ3) is 4.17. The van der Waals surface area contributed by atoms with Gasteiger partial charge in [0.2, 0.25) is 0 Å². The van der Waals surface area contributed by atoms with Crippen molar-refractivity contribution in [3.63, 3.8) is 0 Å². The molecule has 0 radical (unpaired) electrons. The molecular weight excluding hydrogens is 422 g/mol.